The van der Waals surface area contributed by atoms with Gasteiger partial charge in [-0.05, 0) is 66.1 Å². The van der Waals surface area contributed by atoms with Crippen LogP contribution in [0.1, 0.15) is 16.7 Å². The van der Waals surface area contributed by atoms with Gasteiger partial charge in [-0.2, -0.15) is 0 Å². The number of rotatable bonds is 0. The number of benzene rings is 1. The van der Waals surface area contributed by atoms with Gasteiger partial charge in [0.25, 0.3) is 0 Å². The van der Waals surface area contributed by atoms with E-state index in [2.05, 4.69) is 49.4 Å². The molecule has 2 heteroatoms. The van der Waals surface area contributed by atoms with Gasteiger partial charge in [-0.15, -0.1) is 0 Å². The smallest absolute Gasteiger partial charge is 0.0392 e. The number of hydrogen-bond donors (Lipinski definition) is 0. The molecule has 0 radical (unpaired) electrons. The van der Waals surface area contributed by atoms with Crippen molar-refractivity contribution in [3.63, 3.8) is 0 Å². The van der Waals surface area contributed by atoms with Crippen molar-refractivity contribution in [2.75, 3.05) is 0 Å². The van der Waals surface area contributed by atoms with Crippen LogP contribution in [0, 0.1) is 24.3 Å². The Hall–Kier alpha value is 0.167. The summed E-state index contributed by atoms with van der Waals surface area (Å²) in [6, 6.07) is 2.27. The predicted octanol–water partition coefficient (Wildman–Crippen LogP) is 1.21. The van der Waals surface area contributed by atoms with Crippen LogP contribution in [0.25, 0.3) is 0 Å². The van der Waals surface area contributed by atoms with Gasteiger partial charge < -0.3 is 0 Å². The van der Waals surface area contributed by atoms with E-state index in [-0.39, 0.29) is 0 Å². The minimum atomic E-state index is 1.17. The Balaban J connectivity index is 3.46. The molecule has 1 aromatic carbocycles. The predicted molar refractivity (Wildman–Crippen MR) is 62.9 cm³/mol. The van der Waals surface area contributed by atoms with Crippen LogP contribution in [0.15, 0.2) is 6.07 Å². The first-order valence-corrected chi connectivity index (χ1v) is 5.85. The van der Waals surface area contributed by atoms with Gasteiger partial charge in [0, 0.05) is 13.8 Å². The molecule has 0 aliphatic rings. The Morgan fingerprint density at radius 2 is 1.73 bits per heavy atom. The molecule has 1 rings (SSSR count). The second-order valence-corrected chi connectivity index (χ2v) is 5.21. The molecule has 0 aliphatic carbocycles. The monoisotopic (exact) mass is 276 g/mol. The van der Waals surface area contributed by atoms with E-state index in [1.165, 1.54) is 30.5 Å². The fourth-order valence-corrected chi connectivity index (χ4v) is 3.21. The van der Waals surface area contributed by atoms with Gasteiger partial charge in [-0.3, -0.25) is 0 Å². The molecule has 0 amide bonds. The molecular weight excluding hydrogens is 263 g/mol. The van der Waals surface area contributed by atoms with Crippen molar-refractivity contribution in [2.45, 2.75) is 20.8 Å². The summed E-state index contributed by atoms with van der Waals surface area (Å²) in [6.45, 7) is 6.63. The maximum Gasteiger partial charge on any atom is 0.0392 e. The molecule has 0 nitrogen and oxygen atoms in total. The summed E-state index contributed by atoms with van der Waals surface area (Å²) in [5.74, 6) is 0. The van der Waals surface area contributed by atoms with Crippen LogP contribution >= 0.6 is 22.6 Å². The molecule has 0 unspecified atom stereocenters. The zero-order chi connectivity index (χ0) is 8.59. The van der Waals surface area contributed by atoms with Crippen LogP contribution in [-0.2, 0) is 0 Å². The molecule has 0 N–H and O–H groups in total. The van der Waals surface area contributed by atoms with Gasteiger partial charge in [0.05, 0.1) is 0 Å². The Labute approximate surface area is 85.0 Å². The van der Waals surface area contributed by atoms with Crippen LogP contribution in [0.2, 0.25) is 0 Å². The van der Waals surface area contributed by atoms with Gasteiger partial charge in [-0.1, -0.05) is 5.19 Å². The lowest BCUT2D eigenvalue weighted by Crippen LogP contribution is -2.14. The fraction of sp³-hybridized carbons (Fsp3) is 0.333. The van der Waals surface area contributed by atoms with Gasteiger partial charge in [0.2, 0.25) is 0 Å². The summed E-state index contributed by atoms with van der Waals surface area (Å²) >= 11 is 2.41. The Kier molecular flexibility index (Phi) is 2.75. The normalized spacial score (nSPS) is 10.5. The van der Waals surface area contributed by atoms with Gasteiger partial charge in [0.15, 0.2) is 0 Å². The molecule has 0 aliphatic heterocycles. The number of aryl methyl sites for hydroxylation is 1. The third-order valence-corrected chi connectivity index (χ3v) is 5.04. The summed E-state index contributed by atoms with van der Waals surface area (Å²) in [5, 5.41) is 1.58. The SMILES string of the molecule is Cc1cc(I)c(C)c([SiH3])c1C. The highest BCUT2D eigenvalue weighted by Gasteiger charge is 2.03. The third-order valence-electron chi connectivity index (χ3n) is 2.42. The zero-order valence-electron chi connectivity index (χ0n) is 7.46. The first-order chi connectivity index (χ1) is 5.04. The maximum absolute atomic E-state index is 2.41. The second kappa shape index (κ2) is 3.27. The number of halogens is 1. The first-order valence-electron chi connectivity index (χ1n) is 3.77. The highest BCUT2D eigenvalue weighted by molar-refractivity contribution is 14.1. The van der Waals surface area contributed by atoms with E-state index in [1.807, 2.05) is 0 Å². The van der Waals surface area contributed by atoms with Crippen LogP contribution in [-0.4, -0.2) is 10.2 Å². The van der Waals surface area contributed by atoms with E-state index < -0.39 is 0 Å². The van der Waals surface area contributed by atoms with Gasteiger partial charge in [-0.25, -0.2) is 0 Å². The summed E-state index contributed by atoms with van der Waals surface area (Å²) in [7, 11) is 1.17. The standard InChI is InChI=1S/C9H13ISi/c1-5-4-8(10)7(3)9(11)6(5)2/h4H,1-3,11H3. The summed E-state index contributed by atoms with van der Waals surface area (Å²) in [4.78, 5) is 0. The summed E-state index contributed by atoms with van der Waals surface area (Å²) in [6.07, 6.45) is 0. The van der Waals surface area contributed by atoms with Crippen LogP contribution in [0.5, 0.6) is 0 Å². The Morgan fingerprint density at radius 1 is 1.18 bits per heavy atom. The van der Waals surface area contributed by atoms with E-state index in [4.69, 9.17) is 0 Å². The fourth-order valence-electron chi connectivity index (χ4n) is 1.16. The Morgan fingerprint density at radius 3 is 2.27 bits per heavy atom. The highest BCUT2D eigenvalue weighted by atomic mass is 127. The molecule has 0 bridgehead atoms. The van der Waals surface area contributed by atoms with Gasteiger partial charge >= 0.3 is 0 Å². The maximum atomic E-state index is 2.41. The van der Waals surface area contributed by atoms with Crippen molar-refractivity contribution >= 4 is 38.0 Å². The van der Waals surface area contributed by atoms with Crippen molar-refractivity contribution < 1.29 is 0 Å². The highest BCUT2D eigenvalue weighted by Crippen LogP contribution is 2.13. The molecule has 0 saturated carbocycles. The van der Waals surface area contributed by atoms with Crippen molar-refractivity contribution in [1.29, 1.82) is 0 Å². The largest absolute Gasteiger partial charge is 0.0638 e. The van der Waals surface area contributed by atoms with Crippen molar-refractivity contribution in [3.8, 4) is 0 Å². The van der Waals surface area contributed by atoms with Crippen LogP contribution in [0.4, 0.5) is 0 Å². The van der Waals surface area contributed by atoms with E-state index in [9.17, 15) is 0 Å². The van der Waals surface area contributed by atoms with Gasteiger partial charge in [0.1, 0.15) is 0 Å². The lowest BCUT2D eigenvalue weighted by molar-refractivity contribution is 1.31. The van der Waals surface area contributed by atoms with Crippen molar-refractivity contribution in [3.05, 3.63) is 26.3 Å². The van der Waals surface area contributed by atoms with E-state index >= 15 is 0 Å². The average molecular weight is 276 g/mol. The molecule has 1 aromatic rings. The van der Waals surface area contributed by atoms with E-state index in [0.717, 1.165) is 0 Å². The Bertz CT molecular complexity index is 266. The topological polar surface area (TPSA) is 0 Å². The molecule has 0 fully saturated rings. The molecule has 0 heterocycles. The molecule has 0 atom stereocenters. The van der Waals surface area contributed by atoms with Crippen LogP contribution in [0.3, 0.4) is 0 Å². The lowest BCUT2D eigenvalue weighted by atomic mass is 10.1. The molecule has 0 aromatic heterocycles. The molecule has 11 heavy (non-hydrogen) atoms. The third kappa shape index (κ3) is 1.67. The quantitative estimate of drug-likeness (QED) is 0.493. The van der Waals surface area contributed by atoms with Crippen molar-refractivity contribution in [1.82, 2.24) is 0 Å². The first kappa shape index (κ1) is 9.26. The minimum Gasteiger partial charge on any atom is -0.0638 e. The van der Waals surface area contributed by atoms with Crippen LogP contribution < -0.4 is 5.19 Å². The van der Waals surface area contributed by atoms with E-state index in [0.29, 0.717) is 0 Å². The molecule has 60 valence electrons. The summed E-state index contributed by atoms with van der Waals surface area (Å²) < 4.78 is 1.41. The summed E-state index contributed by atoms with van der Waals surface area (Å²) in [5.41, 5.74) is 4.42. The average Bonchev–Trinajstić information content (AvgIpc) is 1.97. The number of hydrogen-bond acceptors (Lipinski definition) is 0. The second-order valence-electron chi connectivity index (χ2n) is 3.05. The zero-order valence-corrected chi connectivity index (χ0v) is 11.6. The lowest BCUT2D eigenvalue weighted by Gasteiger charge is -2.09. The minimum absolute atomic E-state index is 1.17. The molecular formula is C9H13ISi. The van der Waals surface area contributed by atoms with Crippen molar-refractivity contribution in [2.24, 2.45) is 0 Å². The molecule has 0 saturated heterocycles. The van der Waals surface area contributed by atoms with E-state index in [1.54, 1.807) is 5.19 Å². The molecule has 0 spiro atoms.